The zero-order valence-corrected chi connectivity index (χ0v) is 19.9. The first-order chi connectivity index (χ1) is 15.4. The lowest BCUT2D eigenvalue weighted by Crippen LogP contribution is -2.32. The van der Waals surface area contributed by atoms with Crippen LogP contribution in [0.2, 0.25) is 0 Å². The van der Waals surface area contributed by atoms with Crippen molar-refractivity contribution in [3.63, 3.8) is 0 Å². The molecule has 7 heteroatoms. The average molecular weight is 440 g/mol. The first-order valence-electron chi connectivity index (χ1n) is 10.8. The Morgan fingerprint density at radius 1 is 1.38 bits per heavy atom. The Bertz CT molecular complexity index is 958. The van der Waals surface area contributed by atoms with Gasteiger partial charge in [0, 0.05) is 24.4 Å². The topological polar surface area (TPSA) is 63.9 Å². The summed E-state index contributed by atoms with van der Waals surface area (Å²) < 4.78 is 15.3. The largest absolute Gasteiger partial charge is 0.312 e. The SMILES string of the molecule is C=C/C(C)=C(\C=C/Cc1nnn(-c2cccnc2)c1C)C(=O)N(/C=C\C)CC(C)F.CC. The Kier molecular flexibility index (Phi) is 11.6. The molecule has 0 N–H and O–H groups in total. The van der Waals surface area contributed by atoms with E-state index in [9.17, 15) is 9.18 Å². The zero-order chi connectivity index (χ0) is 24.1. The number of amides is 1. The average Bonchev–Trinajstić information content (AvgIpc) is 3.17. The van der Waals surface area contributed by atoms with Crippen LogP contribution < -0.4 is 0 Å². The Morgan fingerprint density at radius 2 is 2.09 bits per heavy atom. The van der Waals surface area contributed by atoms with Gasteiger partial charge in [-0.15, -0.1) is 5.10 Å². The van der Waals surface area contributed by atoms with Crippen LogP contribution in [0.5, 0.6) is 0 Å². The highest BCUT2D eigenvalue weighted by molar-refractivity contribution is 5.98. The fourth-order valence-corrected chi connectivity index (χ4v) is 2.86. The molecule has 0 aromatic carbocycles. The smallest absolute Gasteiger partial charge is 0.258 e. The summed E-state index contributed by atoms with van der Waals surface area (Å²) in [4.78, 5) is 18.5. The minimum absolute atomic E-state index is 0.0104. The van der Waals surface area contributed by atoms with Gasteiger partial charge in [-0.1, -0.05) is 49.9 Å². The summed E-state index contributed by atoms with van der Waals surface area (Å²) in [6, 6.07) is 3.74. The van der Waals surface area contributed by atoms with Gasteiger partial charge in [-0.3, -0.25) is 9.78 Å². The molecule has 1 unspecified atom stereocenters. The minimum Gasteiger partial charge on any atom is -0.312 e. The molecule has 0 radical (unpaired) electrons. The maximum Gasteiger partial charge on any atom is 0.258 e. The third kappa shape index (κ3) is 7.41. The Balaban J connectivity index is 0.00000249. The molecule has 6 nitrogen and oxygen atoms in total. The molecule has 0 aliphatic heterocycles. The number of alkyl halides is 1. The highest BCUT2D eigenvalue weighted by Gasteiger charge is 2.18. The standard InChI is InChI=1S/C23H28FN5O.C2H6/c1-6-14-28(16-18(4)24)23(30)21(17(3)7-2)11-8-12-22-19(5)29(27-26-22)20-10-9-13-25-15-20;1-2/h6-11,13-15,18H,2,12,16H2,1,3-5H3;1-2H3/b11-8-,14-6-,21-17+;. The van der Waals surface area contributed by atoms with Gasteiger partial charge in [0.1, 0.15) is 6.17 Å². The lowest BCUT2D eigenvalue weighted by Gasteiger charge is -2.20. The van der Waals surface area contributed by atoms with E-state index in [1.807, 2.05) is 39.0 Å². The van der Waals surface area contributed by atoms with Crippen molar-refractivity contribution < 1.29 is 9.18 Å². The van der Waals surface area contributed by atoms with E-state index in [2.05, 4.69) is 21.9 Å². The van der Waals surface area contributed by atoms with E-state index in [1.165, 1.54) is 11.8 Å². The van der Waals surface area contributed by atoms with Crippen molar-refractivity contribution in [3.8, 4) is 5.69 Å². The highest BCUT2D eigenvalue weighted by atomic mass is 19.1. The summed E-state index contributed by atoms with van der Waals surface area (Å²) in [7, 11) is 0. The maximum atomic E-state index is 13.5. The molecule has 0 spiro atoms. The van der Waals surface area contributed by atoms with E-state index in [1.54, 1.807) is 55.4 Å². The molecule has 0 saturated carbocycles. The van der Waals surface area contributed by atoms with Crippen LogP contribution >= 0.6 is 0 Å². The summed E-state index contributed by atoms with van der Waals surface area (Å²) >= 11 is 0. The van der Waals surface area contributed by atoms with Gasteiger partial charge < -0.3 is 4.90 Å². The van der Waals surface area contributed by atoms with E-state index < -0.39 is 6.17 Å². The van der Waals surface area contributed by atoms with Crippen molar-refractivity contribution in [1.29, 1.82) is 0 Å². The number of hydrogen-bond acceptors (Lipinski definition) is 4. The lowest BCUT2D eigenvalue weighted by atomic mass is 10.1. The lowest BCUT2D eigenvalue weighted by molar-refractivity contribution is -0.125. The molecule has 172 valence electrons. The maximum absolute atomic E-state index is 13.5. The number of rotatable bonds is 9. The molecule has 2 heterocycles. The number of allylic oxidation sites excluding steroid dienone is 4. The van der Waals surface area contributed by atoms with Crippen molar-refractivity contribution in [1.82, 2.24) is 24.9 Å². The molecule has 2 aromatic rings. The predicted octanol–water partition coefficient (Wildman–Crippen LogP) is 5.32. The van der Waals surface area contributed by atoms with Gasteiger partial charge in [-0.25, -0.2) is 9.07 Å². The molecule has 1 atom stereocenters. The first-order valence-corrected chi connectivity index (χ1v) is 10.8. The fraction of sp³-hybridized carbons (Fsp3) is 0.360. The number of hydrogen-bond donors (Lipinski definition) is 0. The fourth-order valence-electron chi connectivity index (χ4n) is 2.86. The third-order valence-electron chi connectivity index (χ3n) is 4.48. The van der Waals surface area contributed by atoms with E-state index in [-0.39, 0.29) is 12.5 Å². The zero-order valence-electron chi connectivity index (χ0n) is 19.9. The molecular formula is C25H34FN5O. The van der Waals surface area contributed by atoms with E-state index >= 15 is 0 Å². The second-order valence-electron chi connectivity index (χ2n) is 6.87. The quantitative estimate of drug-likeness (QED) is 0.392. The summed E-state index contributed by atoms with van der Waals surface area (Å²) in [6.45, 7) is 14.7. The van der Waals surface area contributed by atoms with Gasteiger partial charge in [-0.2, -0.15) is 0 Å². The highest BCUT2D eigenvalue weighted by Crippen LogP contribution is 2.15. The van der Waals surface area contributed by atoms with Crippen molar-refractivity contribution in [2.24, 2.45) is 0 Å². The number of nitrogens with zero attached hydrogens (tertiary/aromatic N) is 5. The van der Waals surface area contributed by atoms with Crippen LogP contribution in [0, 0.1) is 6.92 Å². The van der Waals surface area contributed by atoms with E-state index in [0.29, 0.717) is 17.6 Å². The summed E-state index contributed by atoms with van der Waals surface area (Å²) in [5.74, 6) is -0.276. The van der Waals surface area contributed by atoms with Crippen molar-refractivity contribution in [3.05, 3.63) is 84.1 Å². The van der Waals surface area contributed by atoms with Gasteiger partial charge in [-0.05, 0) is 45.4 Å². The van der Waals surface area contributed by atoms with Crippen LogP contribution in [0.4, 0.5) is 4.39 Å². The van der Waals surface area contributed by atoms with Crippen molar-refractivity contribution >= 4 is 5.91 Å². The Labute approximate surface area is 190 Å². The molecule has 32 heavy (non-hydrogen) atoms. The first kappa shape index (κ1) is 26.7. The van der Waals surface area contributed by atoms with E-state index in [0.717, 1.165) is 17.1 Å². The predicted molar refractivity (Wildman–Crippen MR) is 128 cm³/mol. The van der Waals surface area contributed by atoms with Gasteiger partial charge in [0.15, 0.2) is 0 Å². The van der Waals surface area contributed by atoms with Crippen LogP contribution in [-0.4, -0.2) is 43.5 Å². The summed E-state index contributed by atoms with van der Waals surface area (Å²) in [5.41, 5.74) is 3.69. The van der Waals surface area contributed by atoms with Crippen LogP contribution in [0.25, 0.3) is 5.69 Å². The number of pyridine rings is 1. The van der Waals surface area contributed by atoms with Gasteiger partial charge in [0.05, 0.1) is 29.8 Å². The molecule has 0 saturated heterocycles. The normalized spacial score (nSPS) is 12.8. The second kappa shape index (κ2) is 13.9. The van der Waals surface area contributed by atoms with Crippen molar-refractivity contribution in [2.45, 2.75) is 54.1 Å². The van der Waals surface area contributed by atoms with Crippen molar-refractivity contribution in [2.75, 3.05) is 6.54 Å². The summed E-state index contributed by atoms with van der Waals surface area (Å²) in [5, 5.41) is 8.44. The Hall–Kier alpha value is -3.35. The Morgan fingerprint density at radius 3 is 2.66 bits per heavy atom. The number of aromatic nitrogens is 4. The summed E-state index contributed by atoms with van der Waals surface area (Å²) in [6.07, 6.45) is 11.3. The van der Waals surface area contributed by atoms with Crippen LogP contribution in [0.3, 0.4) is 0 Å². The second-order valence-corrected chi connectivity index (χ2v) is 6.87. The van der Waals surface area contributed by atoms with Crippen LogP contribution in [0.1, 0.15) is 46.0 Å². The number of halogens is 1. The minimum atomic E-state index is -1.13. The molecule has 1 amide bonds. The van der Waals surface area contributed by atoms with E-state index in [4.69, 9.17) is 0 Å². The monoisotopic (exact) mass is 439 g/mol. The number of carbonyl (C=O) groups is 1. The molecule has 0 bridgehead atoms. The van der Waals surface area contributed by atoms with Gasteiger partial charge in [0.2, 0.25) is 0 Å². The molecule has 0 aliphatic carbocycles. The molecule has 0 fully saturated rings. The van der Waals surface area contributed by atoms with Gasteiger partial charge in [0.25, 0.3) is 5.91 Å². The van der Waals surface area contributed by atoms with Crippen LogP contribution in [0.15, 0.2) is 72.8 Å². The molecule has 2 rings (SSSR count). The number of carbonyl (C=O) groups excluding carboxylic acids is 1. The van der Waals surface area contributed by atoms with Gasteiger partial charge >= 0.3 is 0 Å². The molecule has 2 aromatic heterocycles. The van der Waals surface area contributed by atoms with Crippen LogP contribution in [-0.2, 0) is 11.2 Å². The molecular weight excluding hydrogens is 405 g/mol. The molecule has 0 aliphatic rings. The third-order valence-corrected chi connectivity index (χ3v) is 4.48.